The second-order valence-corrected chi connectivity index (χ2v) is 7.57. The molecule has 1 aliphatic rings. The van der Waals surface area contributed by atoms with Crippen molar-refractivity contribution in [3.05, 3.63) is 17.2 Å². The van der Waals surface area contributed by atoms with E-state index in [-0.39, 0.29) is 11.8 Å². The van der Waals surface area contributed by atoms with Gasteiger partial charge in [-0.3, -0.25) is 9.59 Å². The molecule has 2 rings (SSSR count). The molecule has 1 aromatic rings. The standard InChI is InChI=1S/C20H34N4O2/c1-5-12-23(13-6-2)20(26)18-22-17(16-9-7-8-14-24(16)18)19(25)21-11-10-15(3)4/h15H,5-14H2,1-4H3,(H,21,25). The van der Waals surface area contributed by atoms with E-state index in [0.717, 1.165) is 63.9 Å². The molecule has 6 heteroatoms. The van der Waals surface area contributed by atoms with Crippen LogP contribution in [0.5, 0.6) is 0 Å². The summed E-state index contributed by atoms with van der Waals surface area (Å²) in [6.07, 6.45) is 5.66. The number of hydrogen-bond acceptors (Lipinski definition) is 3. The van der Waals surface area contributed by atoms with Gasteiger partial charge in [0.25, 0.3) is 11.8 Å². The molecule has 1 aromatic heterocycles. The monoisotopic (exact) mass is 362 g/mol. The average Bonchev–Trinajstić information content (AvgIpc) is 3.00. The van der Waals surface area contributed by atoms with E-state index in [1.807, 2.05) is 9.47 Å². The van der Waals surface area contributed by atoms with Crippen molar-refractivity contribution in [2.75, 3.05) is 19.6 Å². The van der Waals surface area contributed by atoms with Gasteiger partial charge >= 0.3 is 0 Å². The van der Waals surface area contributed by atoms with Gasteiger partial charge in [-0.2, -0.15) is 0 Å². The summed E-state index contributed by atoms with van der Waals surface area (Å²) in [5, 5.41) is 2.97. The SMILES string of the molecule is CCCN(CCC)C(=O)c1nc(C(=O)NCCC(C)C)c2n1CCCC2. The summed E-state index contributed by atoms with van der Waals surface area (Å²) >= 11 is 0. The van der Waals surface area contributed by atoms with Crippen LogP contribution in [0, 0.1) is 5.92 Å². The van der Waals surface area contributed by atoms with Crippen molar-refractivity contribution in [2.45, 2.75) is 72.8 Å². The van der Waals surface area contributed by atoms with Gasteiger partial charge in [0.1, 0.15) is 5.69 Å². The highest BCUT2D eigenvalue weighted by atomic mass is 16.2. The minimum Gasteiger partial charge on any atom is -0.351 e. The molecule has 0 aromatic carbocycles. The molecular weight excluding hydrogens is 328 g/mol. The molecular formula is C20H34N4O2. The Morgan fingerprint density at radius 2 is 1.88 bits per heavy atom. The zero-order valence-electron chi connectivity index (χ0n) is 16.8. The van der Waals surface area contributed by atoms with Gasteiger partial charge < -0.3 is 14.8 Å². The van der Waals surface area contributed by atoms with Crippen LogP contribution in [0.25, 0.3) is 0 Å². The lowest BCUT2D eigenvalue weighted by Crippen LogP contribution is -2.35. The first-order valence-electron chi connectivity index (χ1n) is 10.2. The number of aromatic nitrogens is 2. The van der Waals surface area contributed by atoms with Crippen molar-refractivity contribution in [3.63, 3.8) is 0 Å². The summed E-state index contributed by atoms with van der Waals surface area (Å²) in [6, 6.07) is 0. The Hall–Kier alpha value is -1.85. The van der Waals surface area contributed by atoms with Gasteiger partial charge in [0.05, 0.1) is 5.69 Å². The number of nitrogens with zero attached hydrogens (tertiary/aromatic N) is 3. The molecule has 1 N–H and O–H groups in total. The first-order chi connectivity index (χ1) is 12.5. The number of rotatable bonds is 9. The van der Waals surface area contributed by atoms with Gasteiger partial charge in [-0.15, -0.1) is 0 Å². The fourth-order valence-electron chi connectivity index (χ4n) is 3.44. The summed E-state index contributed by atoms with van der Waals surface area (Å²) < 4.78 is 1.99. The molecule has 0 radical (unpaired) electrons. The van der Waals surface area contributed by atoms with Crippen molar-refractivity contribution in [1.82, 2.24) is 19.8 Å². The van der Waals surface area contributed by atoms with Crippen LogP contribution in [0.2, 0.25) is 0 Å². The smallest absolute Gasteiger partial charge is 0.289 e. The Kier molecular flexibility index (Phi) is 7.66. The van der Waals surface area contributed by atoms with E-state index in [2.05, 4.69) is 38.0 Å². The normalized spacial score (nSPS) is 13.6. The summed E-state index contributed by atoms with van der Waals surface area (Å²) in [5.41, 5.74) is 1.37. The van der Waals surface area contributed by atoms with E-state index in [0.29, 0.717) is 24.0 Å². The van der Waals surface area contributed by atoms with E-state index in [9.17, 15) is 9.59 Å². The number of hydrogen-bond donors (Lipinski definition) is 1. The zero-order chi connectivity index (χ0) is 19.1. The second kappa shape index (κ2) is 9.74. The summed E-state index contributed by atoms with van der Waals surface area (Å²) in [7, 11) is 0. The van der Waals surface area contributed by atoms with E-state index in [4.69, 9.17) is 0 Å². The molecule has 2 amide bonds. The van der Waals surface area contributed by atoms with E-state index in [1.165, 1.54) is 0 Å². The van der Waals surface area contributed by atoms with Crippen molar-refractivity contribution >= 4 is 11.8 Å². The van der Waals surface area contributed by atoms with Crippen LogP contribution < -0.4 is 5.32 Å². The predicted octanol–water partition coefficient (Wildman–Crippen LogP) is 3.26. The van der Waals surface area contributed by atoms with Crippen LogP contribution >= 0.6 is 0 Å². The third-order valence-corrected chi connectivity index (χ3v) is 4.81. The van der Waals surface area contributed by atoms with Crippen molar-refractivity contribution < 1.29 is 9.59 Å². The van der Waals surface area contributed by atoms with E-state index >= 15 is 0 Å². The molecule has 6 nitrogen and oxygen atoms in total. The lowest BCUT2D eigenvalue weighted by atomic mass is 10.1. The van der Waals surface area contributed by atoms with Gasteiger partial charge in [0, 0.05) is 26.2 Å². The lowest BCUT2D eigenvalue weighted by Gasteiger charge is -2.23. The highest BCUT2D eigenvalue weighted by molar-refractivity contribution is 5.97. The molecule has 0 unspecified atom stereocenters. The first-order valence-corrected chi connectivity index (χ1v) is 10.2. The molecule has 0 atom stereocenters. The Morgan fingerprint density at radius 3 is 2.50 bits per heavy atom. The molecule has 146 valence electrons. The fraction of sp³-hybridized carbons (Fsp3) is 0.750. The van der Waals surface area contributed by atoms with Crippen molar-refractivity contribution in [3.8, 4) is 0 Å². The van der Waals surface area contributed by atoms with Crippen LogP contribution in [0.15, 0.2) is 0 Å². The topological polar surface area (TPSA) is 67.2 Å². The Balaban J connectivity index is 2.26. The predicted molar refractivity (Wildman–Crippen MR) is 103 cm³/mol. The zero-order valence-corrected chi connectivity index (χ0v) is 16.8. The van der Waals surface area contributed by atoms with Gasteiger partial charge in [0.15, 0.2) is 5.82 Å². The Labute approximate surface area is 157 Å². The van der Waals surface area contributed by atoms with E-state index < -0.39 is 0 Å². The quantitative estimate of drug-likeness (QED) is 0.733. The molecule has 0 fully saturated rings. The summed E-state index contributed by atoms with van der Waals surface area (Å²) in [6.45, 7) is 11.3. The summed E-state index contributed by atoms with van der Waals surface area (Å²) in [5.74, 6) is 0.793. The second-order valence-electron chi connectivity index (χ2n) is 7.57. The molecule has 0 spiro atoms. The molecule has 26 heavy (non-hydrogen) atoms. The van der Waals surface area contributed by atoms with E-state index in [1.54, 1.807) is 0 Å². The molecule has 1 aliphatic heterocycles. The van der Waals surface area contributed by atoms with Crippen molar-refractivity contribution in [2.24, 2.45) is 5.92 Å². The van der Waals surface area contributed by atoms with Crippen LogP contribution in [-0.2, 0) is 13.0 Å². The number of carbonyl (C=O) groups is 2. The van der Waals surface area contributed by atoms with Crippen molar-refractivity contribution in [1.29, 1.82) is 0 Å². The van der Waals surface area contributed by atoms with Crippen LogP contribution in [0.1, 0.15) is 86.6 Å². The lowest BCUT2D eigenvalue weighted by molar-refractivity contribution is 0.0737. The number of imidazole rings is 1. The molecule has 0 aliphatic carbocycles. The largest absolute Gasteiger partial charge is 0.351 e. The third kappa shape index (κ3) is 4.86. The molecule has 0 saturated carbocycles. The van der Waals surface area contributed by atoms with Crippen LogP contribution in [0.3, 0.4) is 0 Å². The molecule has 2 heterocycles. The number of nitrogens with one attached hydrogen (secondary N) is 1. The highest BCUT2D eigenvalue weighted by Crippen LogP contribution is 2.22. The average molecular weight is 363 g/mol. The number of amides is 2. The maximum Gasteiger partial charge on any atom is 0.289 e. The first kappa shape index (κ1) is 20.5. The van der Waals surface area contributed by atoms with Gasteiger partial charge in [-0.05, 0) is 44.4 Å². The van der Waals surface area contributed by atoms with Gasteiger partial charge in [-0.1, -0.05) is 27.7 Å². The summed E-state index contributed by atoms with van der Waals surface area (Å²) in [4.78, 5) is 32.1. The van der Waals surface area contributed by atoms with Crippen LogP contribution in [-0.4, -0.2) is 45.9 Å². The third-order valence-electron chi connectivity index (χ3n) is 4.81. The Bertz CT molecular complexity index is 616. The Morgan fingerprint density at radius 1 is 1.19 bits per heavy atom. The maximum atomic E-state index is 13.0. The minimum absolute atomic E-state index is 0.0434. The highest BCUT2D eigenvalue weighted by Gasteiger charge is 2.29. The molecule has 0 saturated heterocycles. The van der Waals surface area contributed by atoms with Crippen LogP contribution in [0.4, 0.5) is 0 Å². The van der Waals surface area contributed by atoms with Gasteiger partial charge in [-0.25, -0.2) is 4.98 Å². The molecule has 0 bridgehead atoms. The van der Waals surface area contributed by atoms with Gasteiger partial charge in [0.2, 0.25) is 0 Å². The minimum atomic E-state index is -0.145. The maximum absolute atomic E-state index is 13.0. The number of fused-ring (bicyclic) bond motifs is 1. The number of carbonyl (C=O) groups excluding carboxylic acids is 2. The fourth-order valence-corrected chi connectivity index (χ4v) is 3.44.